The Hall–Kier alpha value is -10.9. The lowest BCUT2D eigenvalue weighted by molar-refractivity contribution is -0.137. The Bertz CT molecular complexity index is 4490. The molecule has 4 N–H and O–H groups in total. The standard InChI is InChI=1S/2C34H28ClF2N7O6S/c1-49-33(47)28-26(40-30(31-39-6-9-51-31)41-29(28)23-4-3-19(36)11-24(23)35)17-42-7-8-43-21(15-42)16-44(34(43)48)20-12-22(14-38-13-20)50-27-5-2-18(32(45)46)10-25(27)37;1-49-33(47)28-25(40-30(31-39-8-11-51-31)41-29(28)22-4-3-19(36)13-23(22)35)17-42-9-10-43-20(15-42)16-44(34(43)48)27-14-21(6-7-38-27)50-26-5-2-18(32(45)46)12-24(26)37/h2-6,9-14,21,29H,7-8,15-17H2,1H3,(H,40,41)(H,45,46);2-8,11-14,20,29H,9-10,15-17H2,1H3,(H,40,41)(H,45,46)/t21-,29-;20-,29-/m00/s1. The first-order valence-electron chi connectivity index (χ1n) is 31.1. The molecule has 4 amide bonds. The van der Waals surface area contributed by atoms with Gasteiger partial charge in [0.15, 0.2) is 44.8 Å². The molecule has 10 heterocycles. The Morgan fingerprint density at radius 2 is 1.06 bits per heavy atom. The number of anilines is 2. The van der Waals surface area contributed by atoms with Crippen LogP contribution in [-0.4, -0.2) is 189 Å². The number of fused-ring (bicyclic) bond motifs is 2. The fourth-order valence-corrected chi connectivity index (χ4v) is 14.2. The van der Waals surface area contributed by atoms with Gasteiger partial charge in [0.2, 0.25) is 0 Å². The summed E-state index contributed by atoms with van der Waals surface area (Å²) in [6, 6.07) is 16.3. The van der Waals surface area contributed by atoms with Gasteiger partial charge in [-0.05, 0) is 66.7 Å². The van der Waals surface area contributed by atoms with Gasteiger partial charge in [0.05, 0.1) is 73.2 Å². The molecule has 6 aliphatic rings. The van der Waals surface area contributed by atoms with Gasteiger partial charge in [-0.1, -0.05) is 35.3 Å². The monoisotopic (exact) mass is 1470 g/mol. The summed E-state index contributed by atoms with van der Waals surface area (Å²) in [7, 11) is 2.54. The van der Waals surface area contributed by atoms with Crippen LogP contribution < -0.4 is 29.9 Å². The number of nitrogens with one attached hydrogen (secondary N) is 2. The average Bonchev–Trinajstić information content (AvgIpc) is 1.20. The molecule has 524 valence electrons. The molecule has 0 radical (unpaired) electrons. The van der Waals surface area contributed by atoms with Crippen LogP contribution in [0.1, 0.15) is 53.9 Å². The molecular formula is C68H56Cl2F4N14O12S2. The molecule has 4 saturated heterocycles. The Balaban J connectivity index is 0.000000182. The van der Waals surface area contributed by atoms with Crippen molar-refractivity contribution in [3.63, 3.8) is 0 Å². The number of halogens is 6. The van der Waals surface area contributed by atoms with Crippen molar-refractivity contribution in [3.05, 3.63) is 221 Å². The molecule has 4 aromatic carbocycles. The van der Waals surface area contributed by atoms with Crippen LogP contribution in [-0.2, 0) is 19.1 Å². The number of hydrogen-bond donors (Lipinski definition) is 4. The molecule has 0 bridgehead atoms. The summed E-state index contributed by atoms with van der Waals surface area (Å²) in [6.45, 7) is 3.78. The van der Waals surface area contributed by atoms with Crippen LogP contribution in [0.5, 0.6) is 23.0 Å². The number of piperazine rings is 2. The molecule has 0 saturated carbocycles. The molecule has 26 nitrogen and oxygen atoms in total. The number of carbonyl (C=O) groups excluding carboxylic acids is 4. The van der Waals surface area contributed by atoms with Crippen LogP contribution in [0, 0.1) is 23.3 Å². The third-order valence-corrected chi connectivity index (χ3v) is 19.5. The number of ether oxygens (including phenoxy) is 4. The number of pyridine rings is 2. The van der Waals surface area contributed by atoms with Crippen molar-refractivity contribution in [1.82, 2.24) is 50.2 Å². The fraction of sp³-hybridized carbons (Fsp3) is 0.235. The molecule has 34 heteroatoms. The summed E-state index contributed by atoms with van der Waals surface area (Å²) >= 11 is 15.7. The van der Waals surface area contributed by atoms with Crippen molar-refractivity contribution >= 4 is 105 Å². The zero-order valence-corrected chi connectivity index (χ0v) is 56.7. The molecule has 0 aliphatic carbocycles. The lowest BCUT2D eigenvalue weighted by Crippen LogP contribution is -2.53. The maximum atomic E-state index is 14.5. The lowest BCUT2D eigenvalue weighted by atomic mass is 9.95. The van der Waals surface area contributed by atoms with Crippen LogP contribution in [0.3, 0.4) is 0 Å². The van der Waals surface area contributed by atoms with Crippen LogP contribution >= 0.6 is 45.9 Å². The molecule has 8 aromatic rings. The Labute approximate surface area is 595 Å². The maximum Gasteiger partial charge on any atom is 0.338 e. The largest absolute Gasteiger partial charge is 0.478 e. The number of thiazole rings is 2. The van der Waals surface area contributed by atoms with Crippen molar-refractivity contribution in [2.45, 2.75) is 24.2 Å². The second kappa shape index (κ2) is 29.7. The molecule has 0 spiro atoms. The molecule has 102 heavy (non-hydrogen) atoms. The van der Waals surface area contributed by atoms with Crippen molar-refractivity contribution < 1.29 is 75.5 Å². The lowest BCUT2D eigenvalue weighted by Gasteiger charge is -2.38. The normalized spacial score (nSPS) is 19.1. The minimum absolute atomic E-state index is 0.104. The van der Waals surface area contributed by atoms with Gasteiger partial charge in [-0.3, -0.25) is 34.6 Å². The number of urea groups is 2. The Kier molecular flexibility index (Phi) is 20.3. The van der Waals surface area contributed by atoms with E-state index in [2.05, 4.69) is 40.4 Å². The van der Waals surface area contributed by atoms with E-state index in [0.29, 0.717) is 108 Å². The van der Waals surface area contributed by atoms with Gasteiger partial charge < -0.3 is 49.6 Å². The van der Waals surface area contributed by atoms with Crippen molar-refractivity contribution in [2.24, 2.45) is 9.98 Å². The van der Waals surface area contributed by atoms with Crippen molar-refractivity contribution in [2.75, 3.05) is 89.5 Å². The summed E-state index contributed by atoms with van der Waals surface area (Å²) < 4.78 is 78.8. The van der Waals surface area contributed by atoms with Gasteiger partial charge in [0, 0.05) is 133 Å². The number of aromatic carboxylic acids is 2. The van der Waals surface area contributed by atoms with Gasteiger partial charge in [-0.15, -0.1) is 22.7 Å². The molecule has 14 rings (SSSR count). The summed E-state index contributed by atoms with van der Waals surface area (Å²) in [6.07, 6.45) is 7.58. The van der Waals surface area contributed by atoms with Gasteiger partial charge in [0.25, 0.3) is 0 Å². The number of amidine groups is 2. The quantitative estimate of drug-likeness (QED) is 0.0458. The fourth-order valence-electron chi connectivity index (χ4n) is 12.5. The van der Waals surface area contributed by atoms with Gasteiger partial charge >= 0.3 is 35.9 Å². The first-order valence-corrected chi connectivity index (χ1v) is 33.7. The van der Waals surface area contributed by atoms with Crippen LogP contribution in [0.2, 0.25) is 10.0 Å². The summed E-state index contributed by atoms with van der Waals surface area (Å²) in [5, 5.41) is 29.8. The van der Waals surface area contributed by atoms with Crippen LogP contribution in [0.25, 0.3) is 0 Å². The summed E-state index contributed by atoms with van der Waals surface area (Å²) in [5.41, 5.74) is 2.31. The smallest absolute Gasteiger partial charge is 0.338 e. The first-order chi connectivity index (χ1) is 49.2. The highest BCUT2D eigenvalue weighted by atomic mass is 35.5. The van der Waals surface area contributed by atoms with Crippen LogP contribution in [0.15, 0.2) is 165 Å². The number of benzene rings is 4. The third kappa shape index (κ3) is 14.7. The molecular weight excluding hydrogens is 1420 g/mol. The zero-order valence-electron chi connectivity index (χ0n) is 53.5. The second-order valence-electron chi connectivity index (χ2n) is 23.6. The molecule has 4 aromatic heterocycles. The number of carboxylic acid groups (broad SMARTS) is 2. The van der Waals surface area contributed by atoms with E-state index in [1.807, 2.05) is 0 Å². The van der Waals surface area contributed by atoms with E-state index in [-0.39, 0.29) is 92.6 Å². The van der Waals surface area contributed by atoms with E-state index >= 15 is 0 Å². The minimum Gasteiger partial charge on any atom is -0.478 e. The first kappa shape index (κ1) is 69.6. The van der Waals surface area contributed by atoms with Gasteiger partial charge in [0.1, 0.15) is 41.0 Å². The molecule has 4 fully saturated rings. The highest BCUT2D eigenvalue weighted by molar-refractivity contribution is 7.12. The van der Waals surface area contributed by atoms with E-state index in [4.69, 9.17) is 62.3 Å². The topological polar surface area (TPSA) is 300 Å². The average molecular weight is 1470 g/mol. The predicted molar refractivity (Wildman–Crippen MR) is 365 cm³/mol. The highest BCUT2D eigenvalue weighted by Crippen LogP contribution is 2.41. The van der Waals surface area contributed by atoms with Crippen molar-refractivity contribution in [3.8, 4) is 23.0 Å². The van der Waals surface area contributed by atoms with E-state index < -0.39 is 59.2 Å². The van der Waals surface area contributed by atoms with Crippen LogP contribution in [0.4, 0.5) is 38.7 Å². The maximum absolute atomic E-state index is 14.5. The van der Waals surface area contributed by atoms with E-state index in [0.717, 1.165) is 12.1 Å². The third-order valence-electron chi connectivity index (χ3n) is 17.3. The number of rotatable bonds is 18. The van der Waals surface area contributed by atoms with E-state index in [1.54, 1.807) is 43.9 Å². The van der Waals surface area contributed by atoms with E-state index in [9.17, 15) is 46.3 Å². The number of carboxylic acids is 2. The minimum atomic E-state index is -1.27. The number of amides is 4. The molecule has 0 unspecified atom stereocenters. The number of hydrogen-bond acceptors (Lipinski definition) is 22. The predicted octanol–water partition coefficient (Wildman–Crippen LogP) is 10.2. The number of nitrogens with zero attached hydrogens (tertiary/aromatic N) is 12. The number of carbonyl (C=O) groups is 6. The molecule has 6 aliphatic heterocycles. The Morgan fingerprint density at radius 3 is 1.52 bits per heavy atom. The number of aliphatic imine (C=N–C) groups is 2. The number of aromatic nitrogens is 4. The highest BCUT2D eigenvalue weighted by Gasteiger charge is 2.45. The Morgan fingerprint density at radius 1 is 0.569 bits per heavy atom. The SMILES string of the molecule is COC(=O)C1=C(CN2CCN3C(=O)N(c4cc(Oc5ccc(C(=O)O)cc5F)ccn4)C[C@@H]3C2)NC(c2nccs2)=N[C@H]1c1ccc(F)cc1Cl.COC(=O)C1=C(CN2CCN3C(=O)N(c4cncc(Oc5ccc(C(=O)O)cc5F)c4)C[C@@H]3C2)NC(c2nccs2)=N[C@H]1c1ccc(F)cc1Cl. The van der Waals surface area contributed by atoms with Gasteiger partial charge in [-0.25, -0.2) is 61.3 Å². The molecule has 4 atom stereocenters. The summed E-state index contributed by atoms with van der Waals surface area (Å²) in [4.78, 5) is 114. The number of esters is 2. The second-order valence-corrected chi connectivity index (χ2v) is 26.2. The van der Waals surface area contributed by atoms with Crippen molar-refractivity contribution in [1.29, 1.82) is 0 Å². The van der Waals surface area contributed by atoms with Gasteiger partial charge in [-0.2, -0.15) is 0 Å². The number of methoxy groups -OCH3 is 2. The zero-order chi connectivity index (χ0) is 71.6. The van der Waals surface area contributed by atoms with E-state index in [1.165, 1.54) is 133 Å². The summed E-state index contributed by atoms with van der Waals surface area (Å²) in [5.74, 6) is -5.41.